The van der Waals surface area contributed by atoms with E-state index in [4.69, 9.17) is 16.3 Å². The number of rotatable bonds is 15. The van der Waals surface area contributed by atoms with Gasteiger partial charge in [-0.25, -0.2) is 9.78 Å². The summed E-state index contributed by atoms with van der Waals surface area (Å²) >= 11 is 7.53. The molecule has 3 aromatic carbocycles. The highest BCUT2D eigenvalue weighted by molar-refractivity contribution is 7.09. The molecule has 6 N–H and O–H groups in total. The van der Waals surface area contributed by atoms with Crippen LogP contribution in [-0.4, -0.2) is 74.1 Å². The summed E-state index contributed by atoms with van der Waals surface area (Å²) in [5, 5.41) is 26.3. The van der Waals surface area contributed by atoms with E-state index < -0.39 is 54.1 Å². The van der Waals surface area contributed by atoms with Gasteiger partial charge in [-0.1, -0.05) is 35.9 Å². The predicted molar refractivity (Wildman–Crippen MR) is 205 cm³/mol. The fourth-order valence-electron chi connectivity index (χ4n) is 5.42. The largest absolute Gasteiger partial charge is 0.480 e. The van der Waals surface area contributed by atoms with Crippen LogP contribution in [0.4, 0.5) is 36.4 Å². The number of amides is 3. The molecular weight excluding hydrogens is 791 g/mol. The van der Waals surface area contributed by atoms with Gasteiger partial charge < -0.3 is 36.4 Å². The molecule has 0 saturated heterocycles. The van der Waals surface area contributed by atoms with Gasteiger partial charge in [0.1, 0.15) is 6.04 Å². The number of carbonyl (C=O) groups excluding carboxylic acids is 3. The summed E-state index contributed by atoms with van der Waals surface area (Å²) in [4.78, 5) is 66.4. The highest BCUT2D eigenvalue weighted by atomic mass is 35.5. The lowest BCUT2D eigenvalue weighted by atomic mass is 10.1. The Balaban J connectivity index is 1.03. The number of nitrogens with zero attached hydrogens (tertiary/aromatic N) is 4. The van der Waals surface area contributed by atoms with Gasteiger partial charge in [-0.2, -0.15) is 28.1 Å². The molecule has 2 heterocycles. The molecular formula is C37H33ClF3N9O6S. The number of alkyl halides is 3. The van der Waals surface area contributed by atoms with Crippen molar-refractivity contribution in [3.05, 3.63) is 99.3 Å². The quantitative estimate of drug-likeness (QED) is 0.0665. The number of benzene rings is 3. The van der Waals surface area contributed by atoms with Crippen LogP contribution in [0.1, 0.15) is 40.2 Å². The van der Waals surface area contributed by atoms with Crippen LogP contribution < -0.4 is 31.3 Å². The molecule has 0 spiro atoms. The van der Waals surface area contributed by atoms with Crippen LogP contribution in [0, 0.1) is 6.92 Å². The number of aryl methyl sites for hydroxylation is 1. The van der Waals surface area contributed by atoms with Crippen molar-refractivity contribution in [2.75, 3.05) is 29.1 Å². The van der Waals surface area contributed by atoms with Gasteiger partial charge in [0.15, 0.2) is 6.61 Å². The van der Waals surface area contributed by atoms with Crippen LogP contribution in [0.25, 0.3) is 11.3 Å². The smallest absolute Gasteiger partial charge is 0.422 e. The van der Waals surface area contributed by atoms with Crippen LogP contribution in [0.15, 0.2) is 78.2 Å². The first-order valence-electron chi connectivity index (χ1n) is 17.2. The van der Waals surface area contributed by atoms with Crippen molar-refractivity contribution in [3.8, 4) is 17.3 Å². The first kappa shape index (κ1) is 40.3. The third kappa shape index (κ3) is 11.1. The molecule has 1 atom stereocenters. The number of anilines is 4. The number of aromatic nitrogens is 4. The second-order valence-electron chi connectivity index (χ2n) is 12.8. The number of carbonyl (C=O) groups is 4. The number of carboxylic acids is 1. The molecule has 3 amide bonds. The van der Waals surface area contributed by atoms with Crippen LogP contribution in [0.3, 0.4) is 0 Å². The summed E-state index contributed by atoms with van der Waals surface area (Å²) in [6.07, 6.45) is -3.49. The number of hydrogen-bond donors (Lipinski definition) is 6. The van der Waals surface area contributed by atoms with Crippen LogP contribution in [0.5, 0.6) is 6.01 Å². The Labute approximate surface area is 331 Å². The fraction of sp³-hybridized carbons (Fsp3) is 0.243. The van der Waals surface area contributed by atoms with Crippen molar-refractivity contribution in [1.82, 2.24) is 30.6 Å². The number of carboxylic acid groups (broad SMARTS) is 1. The Bertz CT molecular complexity index is 2260. The molecule has 15 nitrogen and oxygen atoms in total. The van der Waals surface area contributed by atoms with Gasteiger partial charge in [-0.15, -0.1) is 11.3 Å². The highest BCUT2D eigenvalue weighted by Crippen LogP contribution is 2.48. The minimum atomic E-state index is -4.65. The number of thiazole rings is 1. The van der Waals surface area contributed by atoms with Crippen molar-refractivity contribution in [2.45, 2.75) is 43.9 Å². The van der Waals surface area contributed by atoms with E-state index in [1.807, 2.05) is 24.4 Å². The van der Waals surface area contributed by atoms with Crippen molar-refractivity contribution in [3.63, 3.8) is 0 Å². The molecule has 57 heavy (non-hydrogen) atoms. The molecule has 2 aromatic heterocycles. The Kier molecular flexibility index (Phi) is 12.2. The van der Waals surface area contributed by atoms with E-state index in [1.165, 1.54) is 35.6 Å². The zero-order chi connectivity index (χ0) is 40.7. The average molecular weight is 824 g/mol. The molecule has 1 aliphatic rings. The lowest BCUT2D eigenvalue weighted by Crippen LogP contribution is -2.44. The van der Waals surface area contributed by atoms with Crippen LogP contribution in [-0.2, 0) is 19.9 Å². The molecule has 1 saturated carbocycles. The third-order valence-electron chi connectivity index (χ3n) is 8.47. The summed E-state index contributed by atoms with van der Waals surface area (Å²) in [5.41, 5.74) is 2.70. The van der Waals surface area contributed by atoms with Crippen molar-refractivity contribution >= 4 is 69.9 Å². The number of halogens is 4. The summed E-state index contributed by atoms with van der Waals surface area (Å²) in [7, 11) is 0. The van der Waals surface area contributed by atoms with Crippen molar-refractivity contribution < 1.29 is 42.2 Å². The highest BCUT2D eigenvalue weighted by Gasteiger charge is 2.45. The minimum absolute atomic E-state index is 0.0441. The van der Waals surface area contributed by atoms with Gasteiger partial charge in [0.05, 0.1) is 16.2 Å². The Morgan fingerprint density at radius 2 is 1.56 bits per heavy atom. The van der Waals surface area contributed by atoms with Gasteiger partial charge in [0, 0.05) is 39.4 Å². The Hall–Kier alpha value is -6.34. The summed E-state index contributed by atoms with van der Waals surface area (Å²) < 4.78 is 43.7. The maximum atomic E-state index is 13.0. The van der Waals surface area contributed by atoms with Crippen molar-refractivity contribution in [2.24, 2.45) is 0 Å². The van der Waals surface area contributed by atoms with E-state index in [-0.39, 0.29) is 30.4 Å². The summed E-state index contributed by atoms with van der Waals surface area (Å²) in [6.45, 7) is 0.0115. The van der Waals surface area contributed by atoms with E-state index in [1.54, 1.807) is 36.4 Å². The van der Waals surface area contributed by atoms with E-state index in [0.29, 0.717) is 29.2 Å². The first-order chi connectivity index (χ1) is 27.1. The third-order valence-corrected chi connectivity index (χ3v) is 9.49. The lowest BCUT2D eigenvalue weighted by molar-refractivity contribution is -0.154. The number of hydrogen-bond acceptors (Lipinski definition) is 12. The summed E-state index contributed by atoms with van der Waals surface area (Å²) in [5.74, 6) is -4.28. The molecule has 296 valence electrons. The standard InChI is InChI=1S/C37H33ClF3N9O6S/c1-20-43-28(18-57-20)21-2-10-25(11-3-21)44-31(53)30(52)42-17-14-27(32(54)55)46-29(51)22-4-12-26(13-5-22)45-33-47-34(49-35(48-33)56-19-37(39,40)41)50-36(15-16-36)23-6-8-24(38)9-7-23/h2-13,18,27H,14-17,19H2,1H3,(H,42,52)(H,44,53)(H,46,51)(H,54,55)(H2,45,47,48,49,50). The monoisotopic (exact) mass is 823 g/mol. The molecule has 20 heteroatoms. The first-order valence-corrected chi connectivity index (χ1v) is 18.4. The molecule has 0 radical (unpaired) electrons. The van der Waals surface area contributed by atoms with Crippen LogP contribution >= 0.6 is 22.9 Å². The maximum Gasteiger partial charge on any atom is 0.422 e. The molecule has 1 aliphatic carbocycles. The topological polar surface area (TPSA) is 209 Å². The minimum Gasteiger partial charge on any atom is -0.480 e. The van der Waals surface area contributed by atoms with Crippen molar-refractivity contribution in [1.29, 1.82) is 0 Å². The number of nitrogens with one attached hydrogen (secondary N) is 5. The van der Waals surface area contributed by atoms with E-state index in [2.05, 4.69) is 46.5 Å². The molecule has 1 unspecified atom stereocenters. The maximum absolute atomic E-state index is 13.0. The van der Waals surface area contributed by atoms with Gasteiger partial charge in [0.25, 0.3) is 5.91 Å². The van der Waals surface area contributed by atoms with Gasteiger partial charge in [-0.3, -0.25) is 14.4 Å². The zero-order valence-electron chi connectivity index (χ0n) is 29.8. The fourth-order valence-corrected chi connectivity index (χ4v) is 6.17. The zero-order valence-corrected chi connectivity index (χ0v) is 31.4. The second kappa shape index (κ2) is 17.2. The van der Waals surface area contributed by atoms with Gasteiger partial charge in [0.2, 0.25) is 11.9 Å². The van der Waals surface area contributed by atoms with Gasteiger partial charge in [-0.05, 0) is 80.3 Å². The predicted octanol–water partition coefficient (Wildman–Crippen LogP) is 6.07. The number of ether oxygens (including phenoxy) is 1. The summed E-state index contributed by atoms with van der Waals surface area (Å²) in [6, 6.07) is 17.5. The molecule has 0 aliphatic heterocycles. The molecule has 1 fully saturated rings. The van der Waals surface area contributed by atoms with E-state index in [0.717, 1.165) is 21.8 Å². The van der Waals surface area contributed by atoms with E-state index in [9.17, 15) is 37.5 Å². The normalized spacial score (nSPS) is 13.5. The Morgan fingerprint density at radius 3 is 2.18 bits per heavy atom. The SMILES string of the molecule is Cc1nc(-c2ccc(NC(=O)C(=O)NCCC(NC(=O)c3ccc(Nc4nc(NC5(c6ccc(Cl)cc6)CC5)nc(OCC(F)(F)F)n4)cc3)C(=O)O)cc2)cs1. The molecule has 5 aromatic rings. The second-order valence-corrected chi connectivity index (χ2v) is 14.3. The van der Waals surface area contributed by atoms with E-state index >= 15 is 0 Å². The average Bonchev–Trinajstić information content (AvgIpc) is 3.82. The molecule has 6 rings (SSSR count). The van der Waals surface area contributed by atoms with Crippen LogP contribution in [0.2, 0.25) is 5.02 Å². The Morgan fingerprint density at radius 1 is 0.895 bits per heavy atom. The molecule has 0 bridgehead atoms. The lowest BCUT2D eigenvalue weighted by Gasteiger charge is -2.19. The number of aliphatic carboxylic acids is 1. The van der Waals surface area contributed by atoms with Gasteiger partial charge >= 0.3 is 30.0 Å².